The third-order valence-electron chi connectivity index (χ3n) is 0.394. The first-order valence-corrected chi connectivity index (χ1v) is 1.58. The Morgan fingerprint density at radius 1 is 2.00 bits per heavy atom. The molecule has 0 aromatic carbocycles. The maximum atomic E-state index is 9.83. The zero-order valence-electron chi connectivity index (χ0n) is 3.60. The SMILES string of the molecule is [B]CC(=O)OC. The molecule has 0 fully saturated rings. The van der Waals surface area contributed by atoms with Gasteiger partial charge in [-0.15, -0.1) is 0 Å². The molecule has 0 bridgehead atoms. The van der Waals surface area contributed by atoms with Crippen LogP contribution in [0.15, 0.2) is 0 Å². The molecule has 0 unspecified atom stereocenters. The zero-order chi connectivity index (χ0) is 4.99. The fourth-order valence-electron chi connectivity index (χ4n) is 0.0833. The highest BCUT2D eigenvalue weighted by Gasteiger charge is 1.87. The van der Waals surface area contributed by atoms with Crippen LogP contribution in [0.3, 0.4) is 0 Å². The Morgan fingerprint density at radius 3 is 2.50 bits per heavy atom. The minimum atomic E-state index is -0.380. The summed E-state index contributed by atoms with van der Waals surface area (Å²) in [5, 5.41) is 0. The van der Waals surface area contributed by atoms with Gasteiger partial charge in [-0.1, -0.05) is 0 Å². The maximum absolute atomic E-state index is 9.83. The Bertz CT molecular complexity index is 46.8. The molecule has 0 aromatic rings. The normalized spacial score (nSPS) is 7.50. The molecule has 0 amide bonds. The number of esters is 1. The average Bonchev–Trinajstić information content (AvgIpc) is 1.65. The van der Waals surface area contributed by atoms with Gasteiger partial charge in [0.1, 0.15) is 0 Å². The topological polar surface area (TPSA) is 26.3 Å². The van der Waals surface area contributed by atoms with E-state index in [4.69, 9.17) is 7.85 Å². The molecule has 6 heavy (non-hydrogen) atoms. The molecule has 0 saturated carbocycles. The van der Waals surface area contributed by atoms with E-state index < -0.39 is 0 Å². The van der Waals surface area contributed by atoms with E-state index in [2.05, 4.69) is 4.74 Å². The summed E-state index contributed by atoms with van der Waals surface area (Å²) in [6, 6.07) is 0. The lowest BCUT2D eigenvalue weighted by atomic mass is 10.1. The van der Waals surface area contributed by atoms with Gasteiger partial charge in [0.15, 0.2) is 0 Å². The standard InChI is InChI=1S/C3H5BO2/c1-6-3(5)2-4/h2H2,1H3. The van der Waals surface area contributed by atoms with Gasteiger partial charge in [0, 0.05) is 6.32 Å². The van der Waals surface area contributed by atoms with Crippen molar-refractivity contribution in [3.63, 3.8) is 0 Å². The third-order valence-corrected chi connectivity index (χ3v) is 0.394. The summed E-state index contributed by atoms with van der Waals surface area (Å²) in [6.07, 6.45) is -0.0312. The van der Waals surface area contributed by atoms with Crippen molar-refractivity contribution in [1.29, 1.82) is 0 Å². The number of carbonyl (C=O) groups excluding carboxylic acids is 1. The third kappa shape index (κ3) is 1.82. The number of hydrogen-bond acceptors (Lipinski definition) is 2. The van der Waals surface area contributed by atoms with Crippen LogP contribution in [0.2, 0.25) is 6.32 Å². The minimum Gasteiger partial charge on any atom is -0.470 e. The van der Waals surface area contributed by atoms with Crippen molar-refractivity contribution in [3.05, 3.63) is 0 Å². The quantitative estimate of drug-likeness (QED) is 0.323. The van der Waals surface area contributed by atoms with E-state index in [0.717, 1.165) is 0 Å². The van der Waals surface area contributed by atoms with Crippen LogP contribution in [0.25, 0.3) is 0 Å². The summed E-state index contributed by atoms with van der Waals surface area (Å²) < 4.78 is 4.14. The molecule has 2 radical (unpaired) electrons. The fraction of sp³-hybridized carbons (Fsp3) is 0.667. The van der Waals surface area contributed by atoms with Gasteiger partial charge in [-0.3, -0.25) is 4.79 Å². The Kier molecular flexibility index (Phi) is 2.54. The van der Waals surface area contributed by atoms with Crippen LogP contribution in [0.5, 0.6) is 0 Å². The fourth-order valence-corrected chi connectivity index (χ4v) is 0.0833. The highest BCUT2D eigenvalue weighted by atomic mass is 16.5. The molecule has 0 N–H and O–H groups in total. The predicted molar refractivity (Wildman–Crippen MR) is 22.6 cm³/mol. The average molecular weight is 83.9 g/mol. The first kappa shape index (κ1) is 5.53. The van der Waals surface area contributed by atoms with Crippen molar-refractivity contribution in [2.45, 2.75) is 6.32 Å². The Hall–Kier alpha value is -0.465. The van der Waals surface area contributed by atoms with Crippen LogP contribution >= 0.6 is 0 Å². The summed E-state index contributed by atoms with van der Waals surface area (Å²) in [6.45, 7) is 0. The summed E-state index contributed by atoms with van der Waals surface area (Å²) in [5.74, 6) is -0.380. The number of hydrogen-bond donors (Lipinski definition) is 0. The molecule has 0 saturated heterocycles. The van der Waals surface area contributed by atoms with Crippen LogP contribution in [-0.2, 0) is 9.53 Å². The van der Waals surface area contributed by atoms with Crippen LogP contribution in [0, 0.1) is 0 Å². The first-order valence-electron chi connectivity index (χ1n) is 1.58. The second kappa shape index (κ2) is 2.76. The van der Waals surface area contributed by atoms with Crippen LogP contribution in [0.4, 0.5) is 0 Å². The molecule has 2 nitrogen and oxygen atoms in total. The molecule has 0 heterocycles. The highest BCUT2D eigenvalue weighted by Crippen LogP contribution is 1.73. The molecule has 3 heteroatoms. The van der Waals surface area contributed by atoms with E-state index >= 15 is 0 Å². The van der Waals surface area contributed by atoms with E-state index in [-0.39, 0.29) is 12.3 Å². The zero-order valence-corrected chi connectivity index (χ0v) is 3.60. The maximum Gasteiger partial charge on any atom is 0.296 e. The van der Waals surface area contributed by atoms with Crippen LogP contribution in [-0.4, -0.2) is 20.9 Å². The Morgan fingerprint density at radius 2 is 2.50 bits per heavy atom. The summed E-state index contributed by atoms with van der Waals surface area (Å²) in [4.78, 5) is 9.83. The molecule has 0 aliphatic carbocycles. The lowest BCUT2D eigenvalue weighted by Crippen LogP contribution is -1.96. The predicted octanol–water partition coefficient (Wildman–Crippen LogP) is -0.254. The summed E-state index contributed by atoms with van der Waals surface area (Å²) >= 11 is 0. The molecule has 0 aromatic heterocycles. The second-order valence-corrected chi connectivity index (χ2v) is 0.780. The molecule has 0 aliphatic heterocycles. The van der Waals surface area contributed by atoms with Gasteiger partial charge in [-0.2, -0.15) is 0 Å². The monoisotopic (exact) mass is 84.0 g/mol. The number of methoxy groups -OCH3 is 1. The van der Waals surface area contributed by atoms with Gasteiger partial charge < -0.3 is 4.74 Å². The van der Waals surface area contributed by atoms with Crippen molar-refractivity contribution >= 4 is 13.8 Å². The van der Waals surface area contributed by atoms with E-state index in [1.807, 2.05) is 0 Å². The van der Waals surface area contributed by atoms with Crippen LogP contribution in [0.1, 0.15) is 0 Å². The largest absolute Gasteiger partial charge is 0.470 e. The van der Waals surface area contributed by atoms with E-state index in [1.54, 1.807) is 0 Å². The number of rotatable bonds is 1. The first-order chi connectivity index (χ1) is 2.81. The lowest BCUT2D eigenvalue weighted by molar-refractivity contribution is -0.137. The minimum absolute atomic E-state index is 0.0312. The molecule has 0 rings (SSSR count). The van der Waals surface area contributed by atoms with Gasteiger partial charge in [0.2, 0.25) is 0 Å². The molecular formula is C3H5BO2. The molecule has 0 aliphatic rings. The lowest BCUT2D eigenvalue weighted by Gasteiger charge is -1.87. The van der Waals surface area contributed by atoms with Crippen LogP contribution < -0.4 is 0 Å². The van der Waals surface area contributed by atoms with E-state index in [1.165, 1.54) is 7.11 Å². The molecular weight excluding hydrogens is 78.8 g/mol. The van der Waals surface area contributed by atoms with Gasteiger partial charge in [0.25, 0.3) is 5.97 Å². The van der Waals surface area contributed by atoms with Crippen molar-refractivity contribution < 1.29 is 9.53 Å². The van der Waals surface area contributed by atoms with Crippen molar-refractivity contribution in [2.75, 3.05) is 7.11 Å². The smallest absolute Gasteiger partial charge is 0.296 e. The second-order valence-electron chi connectivity index (χ2n) is 0.780. The van der Waals surface area contributed by atoms with Crippen molar-refractivity contribution in [3.8, 4) is 0 Å². The molecule has 0 atom stereocenters. The summed E-state index contributed by atoms with van der Waals surface area (Å²) in [5.41, 5.74) is 0. The number of ether oxygens (including phenoxy) is 1. The van der Waals surface area contributed by atoms with Gasteiger partial charge in [0.05, 0.1) is 15.0 Å². The van der Waals surface area contributed by atoms with Gasteiger partial charge in [-0.05, 0) is 0 Å². The molecule has 0 spiro atoms. The van der Waals surface area contributed by atoms with Crippen molar-refractivity contribution in [2.24, 2.45) is 0 Å². The Labute approximate surface area is 37.9 Å². The number of carbonyl (C=O) groups is 1. The highest BCUT2D eigenvalue weighted by molar-refractivity contribution is 6.18. The molecule has 32 valence electrons. The van der Waals surface area contributed by atoms with Gasteiger partial charge in [-0.25, -0.2) is 0 Å². The van der Waals surface area contributed by atoms with Gasteiger partial charge >= 0.3 is 0 Å². The van der Waals surface area contributed by atoms with E-state index in [9.17, 15) is 4.79 Å². The van der Waals surface area contributed by atoms with E-state index in [0.29, 0.717) is 0 Å². The summed E-state index contributed by atoms with van der Waals surface area (Å²) in [7, 11) is 6.11. The Balaban J connectivity index is 2.99. The van der Waals surface area contributed by atoms with Crippen molar-refractivity contribution in [1.82, 2.24) is 0 Å².